The lowest BCUT2D eigenvalue weighted by Gasteiger charge is -2.28. The van der Waals surface area contributed by atoms with E-state index in [1.54, 1.807) is 17.2 Å². The largest absolute Gasteiger partial charge is 0.451 e. The highest BCUT2D eigenvalue weighted by molar-refractivity contribution is 5.96. The number of aromatic nitrogens is 1. The van der Waals surface area contributed by atoms with Gasteiger partial charge in [-0.25, -0.2) is 0 Å². The van der Waals surface area contributed by atoms with E-state index >= 15 is 0 Å². The standard InChI is InChI=1S/C23H20N2O2/c1-17(18-9-3-2-4-10-18)25(16-20-12-7-8-14-24-20)23(26)22-15-19-11-5-6-13-21(19)27-22/h2-15,17H,16H2,1H3/t17-/m0/s1. The molecule has 134 valence electrons. The summed E-state index contributed by atoms with van der Waals surface area (Å²) in [7, 11) is 0. The highest BCUT2D eigenvalue weighted by Crippen LogP contribution is 2.27. The number of pyridine rings is 1. The van der Waals surface area contributed by atoms with Crippen molar-refractivity contribution >= 4 is 16.9 Å². The molecule has 2 aromatic carbocycles. The summed E-state index contributed by atoms with van der Waals surface area (Å²) < 4.78 is 5.82. The van der Waals surface area contributed by atoms with Crippen molar-refractivity contribution in [1.82, 2.24) is 9.88 Å². The van der Waals surface area contributed by atoms with E-state index in [0.717, 1.165) is 16.6 Å². The van der Waals surface area contributed by atoms with E-state index in [1.165, 1.54) is 0 Å². The van der Waals surface area contributed by atoms with Crippen molar-refractivity contribution in [3.63, 3.8) is 0 Å². The van der Waals surface area contributed by atoms with E-state index in [1.807, 2.05) is 79.7 Å². The van der Waals surface area contributed by atoms with Crippen LogP contribution in [-0.4, -0.2) is 15.8 Å². The van der Waals surface area contributed by atoms with E-state index in [9.17, 15) is 4.79 Å². The molecule has 4 aromatic rings. The lowest BCUT2D eigenvalue weighted by Crippen LogP contribution is -2.33. The fraction of sp³-hybridized carbons (Fsp3) is 0.130. The predicted octanol–water partition coefficient (Wildman–Crippen LogP) is 5.23. The molecule has 0 radical (unpaired) electrons. The molecule has 1 amide bonds. The van der Waals surface area contributed by atoms with Gasteiger partial charge in [0.25, 0.3) is 5.91 Å². The number of para-hydroxylation sites is 1. The van der Waals surface area contributed by atoms with Crippen LogP contribution in [0.2, 0.25) is 0 Å². The van der Waals surface area contributed by atoms with Crippen LogP contribution in [0.5, 0.6) is 0 Å². The summed E-state index contributed by atoms with van der Waals surface area (Å²) in [6, 6.07) is 25.1. The van der Waals surface area contributed by atoms with Crippen molar-refractivity contribution in [3.05, 3.63) is 102 Å². The van der Waals surface area contributed by atoms with Gasteiger partial charge < -0.3 is 9.32 Å². The Balaban J connectivity index is 1.70. The van der Waals surface area contributed by atoms with Crippen molar-refractivity contribution in [2.75, 3.05) is 0 Å². The number of carbonyl (C=O) groups excluding carboxylic acids is 1. The van der Waals surface area contributed by atoms with E-state index in [2.05, 4.69) is 4.98 Å². The minimum Gasteiger partial charge on any atom is -0.451 e. The monoisotopic (exact) mass is 356 g/mol. The molecular formula is C23H20N2O2. The molecule has 0 aliphatic rings. The van der Waals surface area contributed by atoms with Crippen LogP contribution in [0, 0.1) is 0 Å². The maximum atomic E-state index is 13.3. The first-order chi connectivity index (χ1) is 13.2. The fourth-order valence-electron chi connectivity index (χ4n) is 3.19. The number of carbonyl (C=O) groups is 1. The zero-order chi connectivity index (χ0) is 18.6. The zero-order valence-electron chi connectivity index (χ0n) is 15.1. The average Bonchev–Trinajstić information content (AvgIpc) is 3.17. The van der Waals surface area contributed by atoms with Crippen molar-refractivity contribution in [3.8, 4) is 0 Å². The second-order valence-corrected chi connectivity index (χ2v) is 6.49. The Kier molecular flexibility index (Phi) is 4.71. The maximum Gasteiger partial charge on any atom is 0.290 e. The summed E-state index contributed by atoms with van der Waals surface area (Å²) in [5.74, 6) is 0.197. The number of furan rings is 1. The Morgan fingerprint density at radius 1 is 1.00 bits per heavy atom. The molecule has 0 bridgehead atoms. The summed E-state index contributed by atoms with van der Waals surface area (Å²) >= 11 is 0. The van der Waals surface area contributed by atoms with Crippen LogP contribution in [-0.2, 0) is 6.54 Å². The number of hydrogen-bond acceptors (Lipinski definition) is 3. The van der Waals surface area contributed by atoms with Gasteiger partial charge in [-0.1, -0.05) is 54.6 Å². The van der Waals surface area contributed by atoms with E-state index in [0.29, 0.717) is 17.9 Å². The summed E-state index contributed by atoms with van der Waals surface area (Å²) in [6.45, 7) is 2.44. The van der Waals surface area contributed by atoms with Gasteiger partial charge in [-0.15, -0.1) is 0 Å². The van der Waals surface area contributed by atoms with Gasteiger partial charge >= 0.3 is 0 Å². The Morgan fingerprint density at radius 2 is 1.74 bits per heavy atom. The lowest BCUT2D eigenvalue weighted by atomic mass is 10.1. The number of rotatable bonds is 5. The molecule has 27 heavy (non-hydrogen) atoms. The first-order valence-electron chi connectivity index (χ1n) is 8.97. The number of fused-ring (bicyclic) bond motifs is 1. The van der Waals surface area contributed by atoms with Crippen LogP contribution in [0.15, 0.2) is 89.5 Å². The van der Waals surface area contributed by atoms with Gasteiger partial charge in [0.2, 0.25) is 0 Å². The molecule has 0 spiro atoms. The van der Waals surface area contributed by atoms with Gasteiger partial charge in [-0.3, -0.25) is 9.78 Å². The topological polar surface area (TPSA) is 46.3 Å². The van der Waals surface area contributed by atoms with Crippen LogP contribution in [0.4, 0.5) is 0 Å². The predicted molar refractivity (Wildman–Crippen MR) is 105 cm³/mol. The van der Waals surface area contributed by atoms with Gasteiger partial charge in [0, 0.05) is 11.6 Å². The second-order valence-electron chi connectivity index (χ2n) is 6.49. The van der Waals surface area contributed by atoms with Crippen molar-refractivity contribution in [1.29, 1.82) is 0 Å². The Morgan fingerprint density at radius 3 is 2.48 bits per heavy atom. The number of nitrogens with zero attached hydrogens (tertiary/aromatic N) is 2. The average molecular weight is 356 g/mol. The minimum atomic E-state index is -0.145. The van der Waals surface area contributed by atoms with Gasteiger partial charge in [-0.2, -0.15) is 0 Å². The molecule has 2 aromatic heterocycles. The van der Waals surface area contributed by atoms with Gasteiger partial charge in [0.1, 0.15) is 5.58 Å². The molecule has 0 fully saturated rings. The van der Waals surface area contributed by atoms with E-state index < -0.39 is 0 Å². The van der Waals surface area contributed by atoms with Gasteiger partial charge in [-0.05, 0) is 36.8 Å². The summed E-state index contributed by atoms with van der Waals surface area (Å²) in [5.41, 5.74) is 2.62. The highest BCUT2D eigenvalue weighted by Gasteiger charge is 2.26. The van der Waals surface area contributed by atoms with E-state index in [-0.39, 0.29) is 11.9 Å². The molecule has 0 aliphatic heterocycles. The zero-order valence-corrected chi connectivity index (χ0v) is 15.1. The van der Waals surface area contributed by atoms with Gasteiger partial charge in [0.15, 0.2) is 5.76 Å². The van der Waals surface area contributed by atoms with Gasteiger partial charge in [0.05, 0.1) is 18.3 Å². The molecule has 2 heterocycles. The normalized spacial score (nSPS) is 12.0. The first kappa shape index (κ1) is 17.0. The van der Waals surface area contributed by atoms with Crippen LogP contribution in [0.1, 0.15) is 34.8 Å². The number of hydrogen-bond donors (Lipinski definition) is 0. The molecule has 4 heteroatoms. The van der Waals surface area contributed by atoms with Crippen molar-refractivity contribution < 1.29 is 9.21 Å². The van der Waals surface area contributed by atoms with Crippen molar-refractivity contribution in [2.24, 2.45) is 0 Å². The Hall–Kier alpha value is -3.40. The van der Waals surface area contributed by atoms with Crippen molar-refractivity contribution in [2.45, 2.75) is 19.5 Å². The van der Waals surface area contributed by atoms with E-state index in [4.69, 9.17) is 4.42 Å². The molecule has 0 saturated carbocycles. The summed E-state index contributed by atoms with van der Waals surface area (Å²) in [5, 5.41) is 0.922. The third-order valence-electron chi connectivity index (χ3n) is 4.71. The molecule has 1 atom stereocenters. The molecule has 4 nitrogen and oxygen atoms in total. The van der Waals surface area contributed by atoms with Crippen LogP contribution in [0.3, 0.4) is 0 Å². The molecule has 4 rings (SSSR count). The molecule has 0 N–H and O–H groups in total. The summed E-state index contributed by atoms with van der Waals surface area (Å²) in [6.07, 6.45) is 1.74. The third kappa shape index (κ3) is 3.60. The SMILES string of the molecule is C[C@@H](c1ccccc1)N(Cc1ccccn1)C(=O)c1cc2ccccc2o1. The highest BCUT2D eigenvalue weighted by atomic mass is 16.3. The second kappa shape index (κ2) is 7.46. The minimum absolute atomic E-state index is 0.117. The maximum absolute atomic E-state index is 13.3. The molecular weight excluding hydrogens is 336 g/mol. The quantitative estimate of drug-likeness (QED) is 0.492. The Bertz CT molecular complexity index is 1010. The number of benzene rings is 2. The fourth-order valence-corrected chi connectivity index (χ4v) is 3.19. The van der Waals surface area contributed by atoms with Crippen LogP contribution >= 0.6 is 0 Å². The molecule has 0 unspecified atom stereocenters. The summed E-state index contributed by atoms with van der Waals surface area (Å²) in [4.78, 5) is 19.5. The molecule has 0 saturated heterocycles. The third-order valence-corrected chi connectivity index (χ3v) is 4.71. The van der Waals surface area contributed by atoms with Crippen LogP contribution in [0.25, 0.3) is 11.0 Å². The smallest absolute Gasteiger partial charge is 0.290 e. The number of amides is 1. The van der Waals surface area contributed by atoms with Crippen LogP contribution < -0.4 is 0 Å². The first-order valence-corrected chi connectivity index (χ1v) is 8.97. The lowest BCUT2D eigenvalue weighted by molar-refractivity contribution is 0.0641. The Labute approximate surface area is 158 Å². The molecule has 0 aliphatic carbocycles.